The molecule has 0 heterocycles. The van der Waals surface area contributed by atoms with Gasteiger partial charge in [-0.15, -0.1) is 0 Å². The quantitative estimate of drug-likeness (QED) is 0.808. The third-order valence-corrected chi connectivity index (χ3v) is 3.14. The smallest absolute Gasteiger partial charge is 0.0440 e. The number of hydrogen-bond acceptors (Lipinski definition) is 1. The molecule has 0 aliphatic rings. The molecule has 15 heavy (non-hydrogen) atoms. The van der Waals surface area contributed by atoms with Crippen LogP contribution in [0.5, 0.6) is 0 Å². The van der Waals surface area contributed by atoms with Crippen LogP contribution >= 0.6 is 11.6 Å². The van der Waals surface area contributed by atoms with E-state index in [2.05, 4.69) is 31.3 Å². The lowest BCUT2D eigenvalue weighted by Crippen LogP contribution is -2.20. The molecule has 1 aromatic rings. The van der Waals surface area contributed by atoms with Crippen LogP contribution in [0.15, 0.2) is 18.2 Å². The summed E-state index contributed by atoms with van der Waals surface area (Å²) in [6.45, 7) is 4.27. The zero-order valence-electron chi connectivity index (χ0n) is 9.81. The minimum absolute atomic E-state index is 0.592. The first kappa shape index (κ1) is 12.5. The van der Waals surface area contributed by atoms with Gasteiger partial charge in [-0.3, -0.25) is 0 Å². The molecule has 0 bridgehead atoms. The van der Waals surface area contributed by atoms with E-state index in [1.165, 1.54) is 24.0 Å². The van der Waals surface area contributed by atoms with E-state index in [0.29, 0.717) is 6.04 Å². The molecule has 1 rings (SSSR count). The maximum absolute atomic E-state index is 6.16. The molecule has 1 unspecified atom stereocenters. The van der Waals surface area contributed by atoms with Crippen molar-refractivity contribution in [2.24, 2.45) is 0 Å². The van der Waals surface area contributed by atoms with E-state index >= 15 is 0 Å². The van der Waals surface area contributed by atoms with Gasteiger partial charge in [-0.1, -0.05) is 23.7 Å². The van der Waals surface area contributed by atoms with Gasteiger partial charge in [0.2, 0.25) is 0 Å². The van der Waals surface area contributed by atoms with Crippen LogP contribution in [0, 0.1) is 6.92 Å². The number of benzene rings is 1. The number of hydrogen-bond donors (Lipinski definition) is 1. The lowest BCUT2D eigenvalue weighted by molar-refractivity contribution is 0.542. The molecular formula is C13H20ClN. The molecule has 1 atom stereocenters. The molecule has 0 aliphatic heterocycles. The van der Waals surface area contributed by atoms with Gasteiger partial charge in [0, 0.05) is 11.1 Å². The summed E-state index contributed by atoms with van der Waals surface area (Å²) in [5, 5.41) is 4.15. The lowest BCUT2D eigenvalue weighted by atomic mass is 10.0. The molecule has 0 saturated heterocycles. The van der Waals surface area contributed by atoms with Crippen molar-refractivity contribution in [1.82, 2.24) is 5.32 Å². The molecule has 1 N–H and O–H groups in total. The highest BCUT2D eigenvalue weighted by Gasteiger charge is 2.02. The Morgan fingerprint density at radius 1 is 1.40 bits per heavy atom. The second kappa shape index (κ2) is 6.14. The predicted octanol–water partition coefficient (Wildman–Crippen LogP) is 3.58. The maximum atomic E-state index is 6.16. The van der Waals surface area contributed by atoms with E-state index in [4.69, 9.17) is 11.6 Å². The first-order valence-corrected chi connectivity index (χ1v) is 5.93. The summed E-state index contributed by atoms with van der Waals surface area (Å²) in [5.41, 5.74) is 2.50. The molecule has 0 spiro atoms. The fourth-order valence-corrected chi connectivity index (χ4v) is 1.93. The van der Waals surface area contributed by atoms with E-state index < -0.39 is 0 Å². The van der Waals surface area contributed by atoms with E-state index in [0.717, 1.165) is 11.4 Å². The number of halogens is 1. The van der Waals surface area contributed by atoms with Crippen molar-refractivity contribution in [3.05, 3.63) is 34.3 Å². The Hall–Kier alpha value is -0.530. The Morgan fingerprint density at radius 3 is 2.73 bits per heavy atom. The molecule has 0 aromatic heterocycles. The predicted molar refractivity (Wildman–Crippen MR) is 67.6 cm³/mol. The Balaban J connectivity index is 2.44. The monoisotopic (exact) mass is 225 g/mol. The molecule has 0 saturated carbocycles. The van der Waals surface area contributed by atoms with Crippen LogP contribution in [-0.2, 0) is 6.42 Å². The Bertz CT molecular complexity index is 309. The minimum Gasteiger partial charge on any atom is -0.317 e. The van der Waals surface area contributed by atoms with Crippen LogP contribution in [0.1, 0.15) is 30.9 Å². The van der Waals surface area contributed by atoms with Crippen molar-refractivity contribution in [3.8, 4) is 0 Å². The van der Waals surface area contributed by atoms with Crippen LogP contribution in [-0.4, -0.2) is 13.1 Å². The van der Waals surface area contributed by atoms with Gasteiger partial charge in [-0.25, -0.2) is 0 Å². The Kier molecular flexibility index (Phi) is 5.13. The van der Waals surface area contributed by atoms with E-state index in [1.807, 2.05) is 13.1 Å². The van der Waals surface area contributed by atoms with Gasteiger partial charge in [0.05, 0.1) is 0 Å². The summed E-state index contributed by atoms with van der Waals surface area (Å²) in [4.78, 5) is 0. The van der Waals surface area contributed by atoms with Crippen molar-refractivity contribution in [2.45, 2.75) is 39.2 Å². The van der Waals surface area contributed by atoms with Crippen molar-refractivity contribution < 1.29 is 0 Å². The first-order chi connectivity index (χ1) is 7.13. The van der Waals surface area contributed by atoms with Gasteiger partial charge in [-0.05, 0) is 57.4 Å². The van der Waals surface area contributed by atoms with Gasteiger partial charge in [0.15, 0.2) is 0 Å². The van der Waals surface area contributed by atoms with E-state index in [-0.39, 0.29) is 0 Å². The highest BCUT2D eigenvalue weighted by molar-refractivity contribution is 6.31. The highest BCUT2D eigenvalue weighted by atomic mass is 35.5. The third-order valence-electron chi connectivity index (χ3n) is 2.78. The van der Waals surface area contributed by atoms with Crippen molar-refractivity contribution in [3.63, 3.8) is 0 Å². The second-order valence-electron chi connectivity index (χ2n) is 4.18. The minimum atomic E-state index is 0.592. The molecule has 1 nitrogen and oxygen atoms in total. The fourth-order valence-electron chi connectivity index (χ4n) is 1.60. The summed E-state index contributed by atoms with van der Waals surface area (Å²) < 4.78 is 0. The summed E-state index contributed by atoms with van der Waals surface area (Å²) in [5.74, 6) is 0. The molecule has 84 valence electrons. The molecule has 0 amide bonds. The Morgan fingerprint density at radius 2 is 2.13 bits per heavy atom. The SMILES string of the molecule is CNC(C)CCCc1ccc(C)cc1Cl. The van der Waals surface area contributed by atoms with Gasteiger partial charge < -0.3 is 5.32 Å². The largest absolute Gasteiger partial charge is 0.317 e. The molecule has 0 fully saturated rings. The van der Waals surface area contributed by atoms with Crippen LogP contribution in [0.3, 0.4) is 0 Å². The number of nitrogens with one attached hydrogen (secondary N) is 1. The molecule has 0 aliphatic carbocycles. The zero-order valence-corrected chi connectivity index (χ0v) is 10.6. The first-order valence-electron chi connectivity index (χ1n) is 5.55. The normalized spacial score (nSPS) is 12.8. The summed E-state index contributed by atoms with van der Waals surface area (Å²) in [7, 11) is 2.00. The zero-order chi connectivity index (χ0) is 11.3. The number of rotatable bonds is 5. The van der Waals surface area contributed by atoms with Crippen molar-refractivity contribution >= 4 is 11.6 Å². The van der Waals surface area contributed by atoms with Gasteiger partial charge in [0.1, 0.15) is 0 Å². The maximum Gasteiger partial charge on any atom is 0.0440 e. The molecule has 1 aromatic carbocycles. The topological polar surface area (TPSA) is 12.0 Å². The van der Waals surface area contributed by atoms with Crippen LogP contribution in [0.2, 0.25) is 5.02 Å². The third kappa shape index (κ3) is 4.23. The number of aryl methyl sites for hydroxylation is 2. The second-order valence-corrected chi connectivity index (χ2v) is 4.58. The van der Waals surface area contributed by atoms with Crippen LogP contribution in [0.4, 0.5) is 0 Å². The van der Waals surface area contributed by atoms with Crippen LogP contribution in [0.25, 0.3) is 0 Å². The van der Waals surface area contributed by atoms with Gasteiger partial charge in [-0.2, -0.15) is 0 Å². The summed E-state index contributed by atoms with van der Waals surface area (Å²) >= 11 is 6.16. The van der Waals surface area contributed by atoms with Gasteiger partial charge in [0.25, 0.3) is 0 Å². The molecule has 0 radical (unpaired) electrons. The van der Waals surface area contributed by atoms with E-state index in [1.54, 1.807) is 0 Å². The summed E-state index contributed by atoms with van der Waals surface area (Å²) in [6, 6.07) is 6.90. The van der Waals surface area contributed by atoms with Crippen molar-refractivity contribution in [2.75, 3.05) is 7.05 Å². The fraction of sp³-hybridized carbons (Fsp3) is 0.538. The van der Waals surface area contributed by atoms with Gasteiger partial charge >= 0.3 is 0 Å². The van der Waals surface area contributed by atoms with E-state index in [9.17, 15) is 0 Å². The average Bonchev–Trinajstić information content (AvgIpc) is 2.21. The van der Waals surface area contributed by atoms with Crippen LogP contribution < -0.4 is 5.32 Å². The van der Waals surface area contributed by atoms with Crippen molar-refractivity contribution in [1.29, 1.82) is 0 Å². The highest BCUT2D eigenvalue weighted by Crippen LogP contribution is 2.19. The lowest BCUT2D eigenvalue weighted by Gasteiger charge is -2.10. The average molecular weight is 226 g/mol. The molecular weight excluding hydrogens is 206 g/mol. The summed E-state index contributed by atoms with van der Waals surface area (Å²) in [6.07, 6.45) is 3.45. The standard InChI is InChI=1S/C13H20ClN/c1-10-7-8-12(13(14)9-10)6-4-5-11(2)15-3/h7-9,11,15H,4-6H2,1-3H3. The molecule has 2 heteroatoms. The Labute approximate surface area is 97.8 Å².